The average molecular weight is 342 g/mol. The van der Waals surface area contributed by atoms with Crippen LogP contribution in [0.5, 0.6) is 17.2 Å². The molecule has 0 amide bonds. The molecule has 7 heteroatoms. The van der Waals surface area contributed by atoms with Crippen LogP contribution in [-0.4, -0.2) is 12.0 Å². The molecule has 0 saturated heterocycles. The van der Waals surface area contributed by atoms with Crippen molar-refractivity contribution in [3.63, 3.8) is 0 Å². The maximum atomic E-state index is 13.2. The summed E-state index contributed by atoms with van der Waals surface area (Å²) in [6.07, 6.45) is 0. The van der Waals surface area contributed by atoms with Crippen molar-refractivity contribution in [2.45, 2.75) is 0 Å². The molecule has 2 rings (SSSR count). The molecule has 0 atom stereocenters. The average Bonchev–Trinajstić information content (AvgIpc) is 2.42. The van der Waals surface area contributed by atoms with E-state index in [2.05, 4.69) is 15.9 Å². The van der Waals surface area contributed by atoms with Crippen molar-refractivity contribution in [2.75, 3.05) is 7.11 Å². The van der Waals surface area contributed by atoms with Gasteiger partial charge in [-0.2, -0.15) is 0 Å². The number of methoxy groups -OCH3 is 1. The Morgan fingerprint density at radius 1 is 1.20 bits per heavy atom. The third-order valence-electron chi connectivity index (χ3n) is 2.48. The highest BCUT2D eigenvalue weighted by atomic mass is 79.9. The van der Waals surface area contributed by atoms with Crippen molar-refractivity contribution >= 4 is 21.6 Å². The fourth-order valence-electron chi connectivity index (χ4n) is 1.53. The molecule has 0 aliphatic carbocycles. The zero-order valence-electron chi connectivity index (χ0n) is 10.3. The summed E-state index contributed by atoms with van der Waals surface area (Å²) in [5.74, 6) is 0.00822. The summed E-state index contributed by atoms with van der Waals surface area (Å²) in [5, 5.41) is 11.0. The summed E-state index contributed by atoms with van der Waals surface area (Å²) >= 11 is 3.19. The Kier molecular flexibility index (Phi) is 4.19. The lowest BCUT2D eigenvalue weighted by Crippen LogP contribution is -1.95. The summed E-state index contributed by atoms with van der Waals surface area (Å²) in [6.45, 7) is 0. The molecule has 0 spiro atoms. The van der Waals surface area contributed by atoms with Crippen molar-refractivity contribution < 1.29 is 18.8 Å². The van der Waals surface area contributed by atoms with Crippen LogP contribution in [0.3, 0.4) is 0 Å². The summed E-state index contributed by atoms with van der Waals surface area (Å²) in [7, 11) is 1.43. The maximum Gasteiger partial charge on any atom is 0.311 e. The monoisotopic (exact) mass is 341 g/mol. The molecule has 0 fully saturated rings. The second kappa shape index (κ2) is 5.87. The minimum absolute atomic E-state index is 0.0272. The van der Waals surface area contributed by atoms with E-state index in [1.54, 1.807) is 0 Å². The van der Waals surface area contributed by atoms with Gasteiger partial charge in [-0.3, -0.25) is 10.1 Å². The van der Waals surface area contributed by atoms with Crippen molar-refractivity contribution in [2.24, 2.45) is 0 Å². The van der Waals surface area contributed by atoms with Crippen LogP contribution in [0, 0.1) is 15.9 Å². The Morgan fingerprint density at radius 2 is 1.95 bits per heavy atom. The molecule has 20 heavy (non-hydrogen) atoms. The Balaban J connectivity index is 2.45. The lowest BCUT2D eigenvalue weighted by atomic mass is 10.2. The highest BCUT2D eigenvalue weighted by molar-refractivity contribution is 9.10. The van der Waals surface area contributed by atoms with Gasteiger partial charge in [0.25, 0.3) is 0 Å². The van der Waals surface area contributed by atoms with Gasteiger partial charge in [0.1, 0.15) is 17.3 Å². The standard InChI is InChI=1S/C13H9BrFNO4/c1-19-9-3-5-11(16(17)18)13(7-9)20-12-6-8(15)2-4-10(12)14/h2-7H,1H3. The van der Waals surface area contributed by atoms with Gasteiger partial charge in [0.15, 0.2) is 0 Å². The SMILES string of the molecule is COc1ccc([N+](=O)[O-])c(Oc2cc(F)ccc2Br)c1. The lowest BCUT2D eigenvalue weighted by Gasteiger charge is -2.09. The van der Waals surface area contributed by atoms with Gasteiger partial charge in [-0.25, -0.2) is 4.39 Å². The number of nitro benzene ring substituents is 1. The Hall–Kier alpha value is -2.15. The van der Waals surface area contributed by atoms with Gasteiger partial charge in [0.2, 0.25) is 5.75 Å². The molecule has 0 aliphatic rings. The van der Waals surface area contributed by atoms with E-state index in [0.29, 0.717) is 10.2 Å². The van der Waals surface area contributed by atoms with Crippen molar-refractivity contribution in [1.82, 2.24) is 0 Å². The molecule has 0 aromatic heterocycles. The fourth-order valence-corrected chi connectivity index (χ4v) is 1.86. The fraction of sp³-hybridized carbons (Fsp3) is 0.0769. The topological polar surface area (TPSA) is 61.6 Å². The van der Waals surface area contributed by atoms with Gasteiger partial charge in [-0.1, -0.05) is 0 Å². The van der Waals surface area contributed by atoms with Gasteiger partial charge < -0.3 is 9.47 Å². The number of ether oxygens (including phenoxy) is 2. The predicted molar refractivity (Wildman–Crippen MR) is 73.8 cm³/mol. The van der Waals surface area contributed by atoms with E-state index < -0.39 is 10.7 Å². The van der Waals surface area contributed by atoms with Crippen LogP contribution in [-0.2, 0) is 0 Å². The minimum atomic E-state index is -0.581. The molecular formula is C13H9BrFNO4. The van der Waals surface area contributed by atoms with Crippen LogP contribution < -0.4 is 9.47 Å². The van der Waals surface area contributed by atoms with E-state index in [-0.39, 0.29) is 17.2 Å². The Morgan fingerprint density at radius 3 is 2.60 bits per heavy atom. The van der Waals surface area contributed by atoms with Gasteiger partial charge >= 0.3 is 5.69 Å². The molecule has 0 radical (unpaired) electrons. The first-order chi connectivity index (χ1) is 9.51. The lowest BCUT2D eigenvalue weighted by molar-refractivity contribution is -0.385. The molecule has 0 aliphatic heterocycles. The maximum absolute atomic E-state index is 13.2. The van der Waals surface area contributed by atoms with Crippen molar-refractivity contribution in [3.8, 4) is 17.2 Å². The first-order valence-electron chi connectivity index (χ1n) is 5.46. The summed E-state index contributed by atoms with van der Waals surface area (Å²) < 4.78 is 24.1. The predicted octanol–water partition coefficient (Wildman–Crippen LogP) is 4.30. The van der Waals surface area contributed by atoms with Crippen LogP contribution >= 0.6 is 15.9 Å². The molecule has 0 N–H and O–H groups in total. The highest BCUT2D eigenvalue weighted by Gasteiger charge is 2.18. The summed E-state index contributed by atoms with van der Waals surface area (Å²) in [4.78, 5) is 10.4. The number of rotatable bonds is 4. The van der Waals surface area contributed by atoms with Crippen LogP contribution in [0.1, 0.15) is 0 Å². The molecular weight excluding hydrogens is 333 g/mol. The van der Waals surface area contributed by atoms with Crippen molar-refractivity contribution in [3.05, 3.63) is 56.8 Å². The number of halogens is 2. The molecule has 0 bridgehead atoms. The molecule has 5 nitrogen and oxygen atoms in total. The van der Waals surface area contributed by atoms with Gasteiger partial charge in [-0.05, 0) is 34.1 Å². The smallest absolute Gasteiger partial charge is 0.311 e. The molecule has 2 aromatic carbocycles. The van der Waals surface area contributed by atoms with E-state index in [4.69, 9.17) is 9.47 Å². The Labute approximate surface area is 122 Å². The minimum Gasteiger partial charge on any atom is -0.497 e. The van der Waals surface area contributed by atoms with E-state index in [1.165, 1.54) is 37.4 Å². The third-order valence-corrected chi connectivity index (χ3v) is 3.13. The van der Waals surface area contributed by atoms with Gasteiger partial charge in [0, 0.05) is 18.2 Å². The zero-order valence-corrected chi connectivity index (χ0v) is 11.9. The quantitative estimate of drug-likeness (QED) is 0.614. The van der Waals surface area contributed by atoms with Crippen LogP contribution in [0.2, 0.25) is 0 Å². The molecule has 0 unspecified atom stereocenters. The normalized spacial score (nSPS) is 10.2. The second-order valence-electron chi connectivity index (χ2n) is 3.77. The first kappa shape index (κ1) is 14.3. The first-order valence-corrected chi connectivity index (χ1v) is 6.26. The molecule has 2 aromatic rings. The highest BCUT2D eigenvalue weighted by Crippen LogP contribution is 2.37. The van der Waals surface area contributed by atoms with Crippen LogP contribution in [0.15, 0.2) is 40.9 Å². The molecule has 0 saturated carbocycles. The number of nitrogens with zero attached hydrogens (tertiary/aromatic N) is 1. The van der Waals surface area contributed by atoms with Gasteiger partial charge in [-0.15, -0.1) is 0 Å². The van der Waals surface area contributed by atoms with E-state index >= 15 is 0 Å². The van der Waals surface area contributed by atoms with Gasteiger partial charge in [0.05, 0.1) is 16.5 Å². The third kappa shape index (κ3) is 3.05. The van der Waals surface area contributed by atoms with E-state index in [0.717, 1.165) is 6.07 Å². The van der Waals surface area contributed by atoms with E-state index in [1.807, 2.05) is 0 Å². The zero-order chi connectivity index (χ0) is 14.7. The summed E-state index contributed by atoms with van der Waals surface area (Å²) in [6, 6.07) is 7.92. The largest absolute Gasteiger partial charge is 0.497 e. The van der Waals surface area contributed by atoms with Crippen LogP contribution in [0.4, 0.5) is 10.1 Å². The number of hydrogen-bond acceptors (Lipinski definition) is 4. The van der Waals surface area contributed by atoms with Crippen molar-refractivity contribution in [1.29, 1.82) is 0 Å². The van der Waals surface area contributed by atoms with Crippen LogP contribution in [0.25, 0.3) is 0 Å². The summed E-state index contributed by atoms with van der Waals surface area (Å²) in [5.41, 5.74) is -0.234. The Bertz CT molecular complexity index is 663. The number of nitro groups is 1. The van der Waals surface area contributed by atoms with E-state index in [9.17, 15) is 14.5 Å². The molecule has 104 valence electrons. The number of hydrogen-bond donors (Lipinski definition) is 0. The number of benzene rings is 2. The molecule has 0 heterocycles. The second-order valence-corrected chi connectivity index (χ2v) is 4.62.